The topological polar surface area (TPSA) is 86.8 Å². The Balaban J connectivity index is 1.82. The van der Waals surface area contributed by atoms with Crippen molar-refractivity contribution in [2.75, 3.05) is 10.8 Å². The van der Waals surface area contributed by atoms with Gasteiger partial charge in [-0.25, -0.2) is 17.2 Å². The van der Waals surface area contributed by atoms with E-state index in [2.05, 4.69) is 5.32 Å². The minimum atomic E-state index is -4.38. The maximum Gasteiger partial charge on any atom is 0.264 e. The zero-order chi connectivity index (χ0) is 32.8. The van der Waals surface area contributed by atoms with Crippen molar-refractivity contribution in [3.8, 4) is 0 Å². The molecule has 45 heavy (non-hydrogen) atoms. The van der Waals surface area contributed by atoms with Gasteiger partial charge in [0, 0.05) is 24.1 Å². The molecule has 4 aromatic rings. The fourth-order valence-corrected chi connectivity index (χ4v) is 6.20. The molecule has 0 aromatic heterocycles. The number of amides is 2. The molecule has 10 heteroatoms. The molecular formula is C35H37F2N3O4S. The summed E-state index contributed by atoms with van der Waals surface area (Å²) in [6, 6.07) is 24.8. The van der Waals surface area contributed by atoms with Gasteiger partial charge in [-0.05, 0) is 75.7 Å². The van der Waals surface area contributed by atoms with Crippen molar-refractivity contribution in [3.05, 3.63) is 131 Å². The van der Waals surface area contributed by atoms with Crippen molar-refractivity contribution in [2.24, 2.45) is 0 Å². The predicted molar refractivity (Wildman–Crippen MR) is 171 cm³/mol. The normalized spacial score (nSPS) is 12.3. The van der Waals surface area contributed by atoms with Crippen molar-refractivity contribution < 1.29 is 26.8 Å². The Bertz CT molecular complexity index is 1720. The zero-order valence-electron chi connectivity index (χ0n) is 25.7. The lowest BCUT2D eigenvalue weighted by Gasteiger charge is -2.35. The van der Waals surface area contributed by atoms with Gasteiger partial charge in [-0.3, -0.25) is 13.9 Å². The fraction of sp³-hybridized carbons (Fsp3) is 0.257. The lowest BCUT2D eigenvalue weighted by Crippen LogP contribution is -2.56. The number of hydrogen-bond acceptors (Lipinski definition) is 4. The molecule has 0 aliphatic heterocycles. The second-order valence-electron chi connectivity index (χ2n) is 11.9. The first-order chi connectivity index (χ1) is 21.2. The lowest BCUT2D eigenvalue weighted by atomic mass is 10.0. The Morgan fingerprint density at radius 1 is 0.822 bits per heavy atom. The minimum absolute atomic E-state index is 0.0954. The summed E-state index contributed by atoms with van der Waals surface area (Å²) < 4.78 is 57.6. The summed E-state index contributed by atoms with van der Waals surface area (Å²) in [7, 11) is -4.38. The molecule has 0 spiro atoms. The highest BCUT2D eigenvalue weighted by Gasteiger charge is 2.36. The van der Waals surface area contributed by atoms with Gasteiger partial charge in [0.15, 0.2) is 0 Å². The van der Waals surface area contributed by atoms with Crippen LogP contribution < -0.4 is 9.62 Å². The van der Waals surface area contributed by atoms with E-state index in [1.165, 1.54) is 23.1 Å². The first-order valence-corrected chi connectivity index (χ1v) is 15.9. The largest absolute Gasteiger partial charge is 0.350 e. The molecular weight excluding hydrogens is 596 g/mol. The van der Waals surface area contributed by atoms with Crippen molar-refractivity contribution in [3.63, 3.8) is 0 Å². The third kappa shape index (κ3) is 8.76. The van der Waals surface area contributed by atoms with E-state index in [9.17, 15) is 22.4 Å². The Morgan fingerprint density at radius 2 is 1.42 bits per heavy atom. The van der Waals surface area contributed by atoms with Crippen LogP contribution in [0, 0.1) is 18.6 Å². The molecule has 4 rings (SSSR count). The third-order valence-corrected chi connectivity index (χ3v) is 8.86. The third-order valence-electron chi connectivity index (χ3n) is 7.07. The van der Waals surface area contributed by atoms with Crippen LogP contribution in [-0.4, -0.2) is 43.3 Å². The van der Waals surface area contributed by atoms with Gasteiger partial charge in [0.1, 0.15) is 24.2 Å². The Labute approximate surface area is 263 Å². The molecule has 1 unspecified atom stereocenters. The first-order valence-electron chi connectivity index (χ1n) is 14.5. The van der Waals surface area contributed by atoms with Gasteiger partial charge in [-0.1, -0.05) is 66.2 Å². The summed E-state index contributed by atoms with van der Waals surface area (Å²) in [5.74, 6) is -2.38. The van der Waals surface area contributed by atoms with Crippen LogP contribution in [0.3, 0.4) is 0 Å². The minimum Gasteiger partial charge on any atom is -0.350 e. The highest BCUT2D eigenvalue weighted by atomic mass is 32.2. The van der Waals surface area contributed by atoms with Gasteiger partial charge in [-0.15, -0.1) is 0 Å². The van der Waals surface area contributed by atoms with Crippen LogP contribution >= 0.6 is 0 Å². The van der Waals surface area contributed by atoms with Crippen LogP contribution in [0.4, 0.5) is 14.5 Å². The highest BCUT2D eigenvalue weighted by Crippen LogP contribution is 2.26. The molecule has 0 aliphatic carbocycles. The van der Waals surface area contributed by atoms with E-state index < -0.39 is 51.6 Å². The van der Waals surface area contributed by atoms with E-state index in [1.54, 1.807) is 30.3 Å². The molecule has 2 amide bonds. The van der Waals surface area contributed by atoms with E-state index in [-0.39, 0.29) is 29.1 Å². The SMILES string of the molecule is Cc1ccc(N(CC(=O)N(Cc2ccccc2F)C(Cc2ccccc2)C(=O)NC(C)(C)C)S(=O)(=O)c2ccc(F)cc2)cc1. The number of sulfonamides is 1. The maximum absolute atomic E-state index is 15.0. The predicted octanol–water partition coefficient (Wildman–Crippen LogP) is 6.02. The number of nitrogens with one attached hydrogen (secondary N) is 1. The standard InChI is InChI=1S/C35H37F2N3O4S/c1-25-14-18-29(19-15-25)40(45(43,44)30-20-16-28(36)17-21-30)24-33(41)39(23-27-12-8-9-13-31(27)37)32(34(42)38-35(2,3)4)22-26-10-6-5-7-11-26/h5-21,32H,22-24H2,1-4H3,(H,38,42). The summed E-state index contributed by atoms with van der Waals surface area (Å²) in [6.07, 6.45) is 0.0954. The summed E-state index contributed by atoms with van der Waals surface area (Å²) >= 11 is 0. The average molecular weight is 634 g/mol. The number of carbonyl (C=O) groups is 2. The summed E-state index contributed by atoms with van der Waals surface area (Å²) in [4.78, 5) is 29.3. The quantitative estimate of drug-likeness (QED) is 0.219. The Morgan fingerprint density at radius 3 is 2.02 bits per heavy atom. The number of nitrogens with zero attached hydrogens (tertiary/aromatic N) is 2. The fourth-order valence-electron chi connectivity index (χ4n) is 4.79. The zero-order valence-corrected chi connectivity index (χ0v) is 26.5. The Hall–Kier alpha value is -4.57. The Kier molecular flexibility index (Phi) is 10.4. The summed E-state index contributed by atoms with van der Waals surface area (Å²) in [5, 5.41) is 2.93. The number of carbonyl (C=O) groups excluding carboxylic acids is 2. The highest BCUT2D eigenvalue weighted by molar-refractivity contribution is 7.92. The van der Waals surface area contributed by atoms with Crippen LogP contribution in [0.1, 0.15) is 37.5 Å². The van der Waals surface area contributed by atoms with Gasteiger partial charge in [-0.2, -0.15) is 0 Å². The lowest BCUT2D eigenvalue weighted by molar-refractivity contribution is -0.140. The van der Waals surface area contributed by atoms with Gasteiger partial charge in [0.05, 0.1) is 10.6 Å². The molecule has 0 radical (unpaired) electrons. The van der Waals surface area contributed by atoms with E-state index >= 15 is 4.39 Å². The molecule has 1 atom stereocenters. The van der Waals surface area contributed by atoms with Crippen LogP contribution in [0.15, 0.2) is 108 Å². The maximum atomic E-state index is 15.0. The summed E-state index contributed by atoms with van der Waals surface area (Å²) in [6.45, 7) is 6.27. The van der Waals surface area contributed by atoms with E-state index in [1.807, 2.05) is 58.0 Å². The molecule has 0 heterocycles. The smallest absolute Gasteiger partial charge is 0.264 e. The molecule has 4 aromatic carbocycles. The van der Waals surface area contributed by atoms with Crippen molar-refractivity contribution in [2.45, 2.75) is 57.1 Å². The van der Waals surface area contributed by atoms with Gasteiger partial charge < -0.3 is 10.2 Å². The average Bonchev–Trinajstić information content (AvgIpc) is 2.99. The van der Waals surface area contributed by atoms with E-state index in [0.717, 1.165) is 39.7 Å². The van der Waals surface area contributed by atoms with Crippen molar-refractivity contribution in [1.82, 2.24) is 10.2 Å². The molecule has 0 saturated carbocycles. The summed E-state index contributed by atoms with van der Waals surface area (Å²) in [5.41, 5.74) is 1.33. The molecule has 7 nitrogen and oxygen atoms in total. The number of benzene rings is 4. The monoisotopic (exact) mass is 633 g/mol. The molecule has 0 bridgehead atoms. The van der Waals surface area contributed by atoms with Gasteiger partial charge in [0.2, 0.25) is 11.8 Å². The number of hydrogen-bond donors (Lipinski definition) is 1. The van der Waals surface area contributed by atoms with Gasteiger partial charge in [0.25, 0.3) is 10.0 Å². The van der Waals surface area contributed by atoms with Crippen LogP contribution in [0.25, 0.3) is 0 Å². The second-order valence-corrected chi connectivity index (χ2v) is 13.7. The molecule has 1 N–H and O–H groups in total. The van der Waals surface area contributed by atoms with Gasteiger partial charge >= 0.3 is 0 Å². The van der Waals surface area contributed by atoms with Crippen LogP contribution in [0.5, 0.6) is 0 Å². The van der Waals surface area contributed by atoms with Crippen LogP contribution in [-0.2, 0) is 32.6 Å². The molecule has 0 saturated heterocycles. The van der Waals surface area contributed by atoms with Crippen molar-refractivity contribution >= 4 is 27.5 Å². The number of aryl methyl sites for hydroxylation is 1. The first kappa shape index (κ1) is 33.3. The molecule has 236 valence electrons. The van der Waals surface area contributed by atoms with E-state index in [4.69, 9.17) is 0 Å². The molecule has 0 aliphatic rings. The number of anilines is 1. The number of rotatable bonds is 11. The van der Waals surface area contributed by atoms with Crippen molar-refractivity contribution in [1.29, 1.82) is 0 Å². The molecule has 0 fully saturated rings. The van der Waals surface area contributed by atoms with E-state index in [0.29, 0.717) is 0 Å². The number of halogens is 2. The van der Waals surface area contributed by atoms with Crippen LogP contribution in [0.2, 0.25) is 0 Å². The second kappa shape index (κ2) is 14.0.